The van der Waals surface area contributed by atoms with Crippen molar-refractivity contribution in [2.45, 2.75) is 13.8 Å². The summed E-state index contributed by atoms with van der Waals surface area (Å²) in [4.78, 5) is 34.1. The highest BCUT2D eigenvalue weighted by Gasteiger charge is 2.14. The number of nitro benzene ring substituents is 1. The van der Waals surface area contributed by atoms with Crippen molar-refractivity contribution in [1.29, 1.82) is 5.26 Å². The summed E-state index contributed by atoms with van der Waals surface area (Å²) in [5, 5.41) is 19.8. The Morgan fingerprint density at radius 2 is 1.78 bits per heavy atom. The summed E-state index contributed by atoms with van der Waals surface area (Å²) < 4.78 is 20.9. The second-order valence-electron chi connectivity index (χ2n) is 6.04. The largest absolute Gasteiger partial charge is 0.490 e. The zero-order valence-electron chi connectivity index (χ0n) is 17.4. The van der Waals surface area contributed by atoms with Crippen LogP contribution >= 0.6 is 0 Å². The molecule has 0 aromatic heterocycles. The molecule has 0 aliphatic carbocycles. The number of hydrogen-bond donors (Lipinski definition) is 0. The third-order valence-electron chi connectivity index (χ3n) is 3.82. The van der Waals surface area contributed by atoms with Crippen molar-refractivity contribution in [1.82, 2.24) is 0 Å². The first-order valence-electron chi connectivity index (χ1n) is 9.51. The monoisotopic (exact) mass is 440 g/mol. The third-order valence-corrected chi connectivity index (χ3v) is 3.82. The number of ether oxygens (including phenoxy) is 4. The van der Waals surface area contributed by atoms with Crippen LogP contribution in [0.5, 0.6) is 17.2 Å². The molecule has 2 aromatic rings. The van der Waals surface area contributed by atoms with Crippen LogP contribution in [0.4, 0.5) is 5.69 Å². The summed E-state index contributed by atoms with van der Waals surface area (Å²) >= 11 is 0. The number of rotatable bonds is 10. The maximum absolute atomic E-state index is 12.2. The molecule has 0 bridgehead atoms. The predicted molar refractivity (Wildman–Crippen MR) is 112 cm³/mol. The summed E-state index contributed by atoms with van der Waals surface area (Å²) in [6.07, 6.45) is 1.34. The first-order valence-corrected chi connectivity index (χ1v) is 9.51. The molecule has 0 aliphatic heterocycles. The first-order chi connectivity index (χ1) is 15.4. The van der Waals surface area contributed by atoms with Gasteiger partial charge in [-0.1, -0.05) is 6.07 Å². The molecule has 0 unspecified atom stereocenters. The van der Waals surface area contributed by atoms with Crippen LogP contribution in [0.3, 0.4) is 0 Å². The number of nitro groups is 1. The average Bonchev–Trinajstić information content (AvgIpc) is 2.78. The van der Waals surface area contributed by atoms with Gasteiger partial charge in [0, 0.05) is 12.1 Å². The summed E-state index contributed by atoms with van der Waals surface area (Å²) in [6.45, 7) is 3.35. The van der Waals surface area contributed by atoms with E-state index in [2.05, 4.69) is 0 Å². The third kappa shape index (κ3) is 6.84. The molecule has 0 saturated heterocycles. The van der Waals surface area contributed by atoms with Gasteiger partial charge in [-0.2, -0.15) is 5.26 Å². The number of carbonyl (C=O) groups is 2. The predicted octanol–water partition coefficient (Wildman–Crippen LogP) is 3.45. The van der Waals surface area contributed by atoms with Gasteiger partial charge in [0.2, 0.25) is 0 Å². The van der Waals surface area contributed by atoms with Crippen molar-refractivity contribution in [3.8, 4) is 23.3 Å². The van der Waals surface area contributed by atoms with Gasteiger partial charge in [-0.15, -0.1) is 0 Å². The molecular formula is C22H20N2O8. The quantitative estimate of drug-likeness (QED) is 0.136. The van der Waals surface area contributed by atoms with E-state index in [1.807, 2.05) is 0 Å². The standard InChI is InChI=1S/C22H20N2O8/c1-3-29-20-12-15(11-16(13-23)22(26)30-4-2)5-10-19(20)32-21(25)14-31-18-8-6-17(7-9-18)24(27)28/h5-12H,3-4,14H2,1-2H3/b16-11+. The van der Waals surface area contributed by atoms with Gasteiger partial charge in [0.25, 0.3) is 5.69 Å². The van der Waals surface area contributed by atoms with Gasteiger partial charge >= 0.3 is 11.9 Å². The second-order valence-corrected chi connectivity index (χ2v) is 6.04. The summed E-state index contributed by atoms with van der Waals surface area (Å²) in [7, 11) is 0. The van der Waals surface area contributed by atoms with Crippen LogP contribution in [-0.4, -0.2) is 36.7 Å². The second kappa shape index (κ2) is 11.7. The Hall–Kier alpha value is -4.39. The zero-order valence-corrected chi connectivity index (χ0v) is 17.4. The van der Waals surface area contributed by atoms with Crippen molar-refractivity contribution < 1.29 is 33.5 Å². The van der Waals surface area contributed by atoms with Gasteiger partial charge in [0.1, 0.15) is 17.4 Å². The van der Waals surface area contributed by atoms with Gasteiger partial charge in [0.05, 0.1) is 18.1 Å². The van der Waals surface area contributed by atoms with Crippen LogP contribution in [0.25, 0.3) is 6.08 Å². The summed E-state index contributed by atoms with van der Waals surface area (Å²) in [6, 6.07) is 11.5. The highest BCUT2D eigenvalue weighted by Crippen LogP contribution is 2.30. The van der Waals surface area contributed by atoms with Gasteiger partial charge < -0.3 is 18.9 Å². The maximum Gasteiger partial charge on any atom is 0.349 e. The minimum absolute atomic E-state index is 0.0991. The molecule has 2 aromatic carbocycles. The number of non-ortho nitro benzene ring substituents is 1. The fraction of sp³-hybridized carbons (Fsp3) is 0.227. The first kappa shape index (κ1) is 23.9. The number of carbonyl (C=O) groups excluding carboxylic acids is 2. The molecule has 0 fully saturated rings. The molecule has 32 heavy (non-hydrogen) atoms. The van der Waals surface area contributed by atoms with Crippen molar-refractivity contribution in [3.63, 3.8) is 0 Å². The molecule has 166 valence electrons. The van der Waals surface area contributed by atoms with E-state index in [0.29, 0.717) is 5.56 Å². The van der Waals surface area contributed by atoms with Crippen LogP contribution in [0.1, 0.15) is 19.4 Å². The molecule has 0 saturated carbocycles. The normalized spacial score (nSPS) is 10.6. The minimum Gasteiger partial charge on any atom is -0.490 e. The van der Waals surface area contributed by atoms with Crippen molar-refractivity contribution in [3.05, 3.63) is 63.7 Å². The van der Waals surface area contributed by atoms with Crippen LogP contribution in [0, 0.1) is 21.4 Å². The number of nitrogens with zero attached hydrogens (tertiary/aromatic N) is 2. The molecule has 10 heteroatoms. The highest BCUT2D eigenvalue weighted by atomic mass is 16.6. The van der Waals surface area contributed by atoms with E-state index in [4.69, 9.17) is 24.2 Å². The Bertz CT molecular complexity index is 1050. The Balaban J connectivity index is 2.10. The van der Waals surface area contributed by atoms with Crippen molar-refractivity contribution in [2.75, 3.05) is 19.8 Å². The lowest BCUT2D eigenvalue weighted by Gasteiger charge is -2.12. The molecule has 0 amide bonds. The Kier molecular flexibility index (Phi) is 8.74. The number of nitriles is 1. The topological polar surface area (TPSA) is 138 Å². The molecule has 0 aliphatic rings. The molecule has 0 N–H and O–H groups in total. The molecule has 0 spiro atoms. The average molecular weight is 440 g/mol. The summed E-state index contributed by atoms with van der Waals surface area (Å²) in [5.74, 6) is -0.855. The minimum atomic E-state index is -0.744. The van der Waals surface area contributed by atoms with Crippen LogP contribution < -0.4 is 14.2 Å². The van der Waals surface area contributed by atoms with E-state index in [9.17, 15) is 19.7 Å². The van der Waals surface area contributed by atoms with E-state index in [1.165, 1.54) is 42.5 Å². The molecule has 0 heterocycles. The van der Waals surface area contributed by atoms with Crippen LogP contribution in [-0.2, 0) is 14.3 Å². The fourth-order valence-electron chi connectivity index (χ4n) is 2.44. The summed E-state index contributed by atoms with van der Waals surface area (Å²) in [5.41, 5.74) is 0.188. The lowest BCUT2D eigenvalue weighted by Crippen LogP contribution is -2.18. The van der Waals surface area contributed by atoms with E-state index < -0.39 is 23.5 Å². The number of hydrogen-bond acceptors (Lipinski definition) is 9. The highest BCUT2D eigenvalue weighted by molar-refractivity contribution is 5.98. The van der Waals surface area contributed by atoms with E-state index in [0.717, 1.165) is 0 Å². The van der Waals surface area contributed by atoms with Crippen LogP contribution in [0.15, 0.2) is 48.0 Å². The van der Waals surface area contributed by atoms with Gasteiger partial charge in [-0.25, -0.2) is 9.59 Å². The molecule has 2 rings (SSSR count). The Labute approximate surface area is 183 Å². The number of esters is 2. The smallest absolute Gasteiger partial charge is 0.349 e. The van der Waals surface area contributed by atoms with Crippen molar-refractivity contribution >= 4 is 23.7 Å². The van der Waals surface area contributed by atoms with Gasteiger partial charge in [0.15, 0.2) is 18.1 Å². The van der Waals surface area contributed by atoms with Crippen molar-refractivity contribution in [2.24, 2.45) is 0 Å². The SMILES string of the molecule is CCOC(=O)/C(C#N)=C/c1ccc(OC(=O)COc2ccc([N+](=O)[O-])cc2)c(OCC)c1. The maximum atomic E-state index is 12.2. The van der Waals surface area contributed by atoms with Crippen LogP contribution in [0.2, 0.25) is 0 Å². The van der Waals surface area contributed by atoms with E-state index >= 15 is 0 Å². The lowest BCUT2D eigenvalue weighted by molar-refractivity contribution is -0.384. The Morgan fingerprint density at radius 1 is 1.06 bits per heavy atom. The molecular weight excluding hydrogens is 420 g/mol. The number of benzene rings is 2. The van der Waals surface area contributed by atoms with Gasteiger partial charge in [-0.3, -0.25) is 10.1 Å². The molecule has 0 radical (unpaired) electrons. The van der Waals surface area contributed by atoms with E-state index in [1.54, 1.807) is 26.0 Å². The van der Waals surface area contributed by atoms with Gasteiger partial charge in [-0.05, 0) is 49.8 Å². The molecule has 0 atom stereocenters. The Morgan fingerprint density at radius 3 is 2.38 bits per heavy atom. The van der Waals surface area contributed by atoms with E-state index in [-0.39, 0.29) is 41.7 Å². The lowest BCUT2D eigenvalue weighted by atomic mass is 10.1. The fourth-order valence-corrected chi connectivity index (χ4v) is 2.44. The molecule has 10 nitrogen and oxygen atoms in total. The zero-order chi connectivity index (χ0) is 23.5.